The number of nitrogens with zero attached hydrogens (tertiary/aromatic N) is 1. The van der Waals surface area contributed by atoms with Crippen molar-refractivity contribution in [1.82, 2.24) is 9.71 Å². The molecule has 0 atom stereocenters. The van der Waals surface area contributed by atoms with E-state index in [4.69, 9.17) is 4.74 Å². The van der Waals surface area contributed by atoms with E-state index < -0.39 is 16.0 Å². The van der Waals surface area contributed by atoms with E-state index in [1.165, 1.54) is 18.6 Å². The van der Waals surface area contributed by atoms with Crippen LogP contribution in [0.15, 0.2) is 34.7 Å². The molecule has 0 aromatic carbocycles. The zero-order chi connectivity index (χ0) is 18.3. The summed E-state index contributed by atoms with van der Waals surface area (Å²) >= 11 is 0.999. The van der Waals surface area contributed by atoms with Crippen molar-refractivity contribution in [2.45, 2.75) is 11.8 Å². The van der Waals surface area contributed by atoms with Crippen molar-refractivity contribution in [2.24, 2.45) is 0 Å². The first-order chi connectivity index (χ1) is 11.9. The molecule has 2 heterocycles. The Hall–Kier alpha value is -2.41. The number of methoxy groups -OCH3 is 1. The number of sulfonamides is 1. The summed E-state index contributed by atoms with van der Waals surface area (Å²) in [5, 5.41) is 1.51. The smallest absolute Gasteiger partial charge is 0.349 e. The van der Waals surface area contributed by atoms with E-state index in [9.17, 15) is 13.2 Å². The van der Waals surface area contributed by atoms with E-state index in [1.807, 2.05) is 13.0 Å². The molecule has 0 amide bonds. The summed E-state index contributed by atoms with van der Waals surface area (Å²) in [6.07, 6.45) is 1.59. The Morgan fingerprint density at radius 2 is 2.12 bits per heavy atom. The Morgan fingerprint density at radius 1 is 1.32 bits per heavy atom. The SMILES string of the molecule is COC(=O)c1sccc1S(=O)(=O)NCC#CCOc1ccc(C)nc1. The summed E-state index contributed by atoms with van der Waals surface area (Å²) in [6.45, 7) is 1.88. The Balaban J connectivity index is 1.88. The van der Waals surface area contributed by atoms with E-state index in [0.29, 0.717) is 5.75 Å². The molecule has 0 aliphatic carbocycles. The van der Waals surface area contributed by atoms with Crippen LogP contribution >= 0.6 is 11.3 Å². The lowest BCUT2D eigenvalue weighted by atomic mass is 10.4. The average Bonchev–Trinajstić information content (AvgIpc) is 3.09. The second-order valence-electron chi connectivity index (χ2n) is 4.71. The van der Waals surface area contributed by atoms with Crippen LogP contribution in [0.3, 0.4) is 0 Å². The molecule has 9 heteroatoms. The third kappa shape index (κ3) is 5.29. The molecular weight excluding hydrogens is 364 g/mol. The van der Waals surface area contributed by atoms with Gasteiger partial charge in [0.15, 0.2) is 0 Å². The average molecular weight is 380 g/mol. The first kappa shape index (κ1) is 18.9. The molecule has 25 heavy (non-hydrogen) atoms. The van der Waals surface area contributed by atoms with Gasteiger partial charge in [-0.3, -0.25) is 4.98 Å². The maximum Gasteiger partial charge on any atom is 0.349 e. The van der Waals surface area contributed by atoms with Gasteiger partial charge >= 0.3 is 5.97 Å². The highest BCUT2D eigenvalue weighted by Gasteiger charge is 2.23. The Bertz CT molecular complexity index is 893. The number of hydrogen-bond acceptors (Lipinski definition) is 7. The molecule has 0 spiro atoms. The third-order valence-corrected chi connectivity index (χ3v) is 5.43. The molecule has 1 N–H and O–H groups in total. The maximum absolute atomic E-state index is 12.2. The number of nitrogens with one attached hydrogen (secondary N) is 1. The van der Waals surface area contributed by atoms with Gasteiger partial charge in [-0.15, -0.1) is 11.3 Å². The van der Waals surface area contributed by atoms with E-state index in [1.54, 1.807) is 12.3 Å². The molecule has 7 nitrogen and oxygen atoms in total. The number of ether oxygens (including phenoxy) is 2. The van der Waals surface area contributed by atoms with Crippen molar-refractivity contribution < 1.29 is 22.7 Å². The lowest BCUT2D eigenvalue weighted by Crippen LogP contribution is -2.25. The van der Waals surface area contributed by atoms with Crippen molar-refractivity contribution in [1.29, 1.82) is 0 Å². The van der Waals surface area contributed by atoms with Crippen molar-refractivity contribution in [3.05, 3.63) is 40.3 Å². The van der Waals surface area contributed by atoms with Crippen LogP contribution in [0.5, 0.6) is 5.75 Å². The topological polar surface area (TPSA) is 94.6 Å². The minimum atomic E-state index is -3.84. The van der Waals surface area contributed by atoms with Gasteiger partial charge in [0.25, 0.3) is 0 Å². The van der Waals surface area contributed by atoms with Crippen molar-refractivity contribution in [2.75, 3.05) is 20.3 Å². The van der Waals surface area contributed by atoms with Crippen LogP contribution < -0.4 is 9.46 Å². The van der Waals surface area contributed by atoms with Gasteiger partial charge in [-0.05, 0) is 30.5 Å². The minimum Gasteiger partial charge on any atom is -0.479 e. The van der Waals surface area contributed by atoms with Crippen molar-refractivity contribution in [3.63, 3.8) is 0 Å². The molecular formula is C16H16N2O5S2. The molecule has 0 bridgehead atoms. The van der Waals surface area contributed by atoms with Gasteiger partial charge in [0.2, 0.25) is 10.0 Å². The van der Waals surface area contributed by atoms with Crippen LogP contribution in [0, 0.1) is 18.8 Å². The highest BCUT2D eigenvalue weighted by molar-refractivity contribution is 7.89. The number of rotatable bonds is 6. The first-order valence-electron chi connectivity index (χ1n) is 7.10. The normalized spacial score (nSPS) is 10.6. The Morgan fingerprint density at radius 3 is 2.80 bits per heavy atom. The molecule has 0 fully saturated rings. The van der Waals surface area contributed by atoms with Crippen molar-refractivity contribution in [3.8, 4) is 17.6 Å². The van der Waals surface area contributed by atoms with E-state index >= 15 is 0 Å². The fourth-order valence-electron chi connectivity index (χ4n) is 1.73. The van der Waals surface area contributed by atoms with Gasteiger partial charge in [-0.1, -0.05) is 11.8 Å². The summed E-state index contributed by atoms with van der Waals surface area (Å²) in [6, 6.07) is 4.94. The zero-order valence-electron chi connectivity index (χ0n) is 13.6. The Kier molecular flexibility index (Phi) is 6.52. The van der Waals surface area contributed by atoms with E-state index in [0.717, 1.165) is 17.0 Å². The lowest BCUT2D eigenvalue weighted by Gasteiger charge is -2.04. The summed E-state index contributed by atoms with van der Waals surface area (Å²) < 4.78 is 36.6. The molecule has 0 saturated carbocycles. The fraction of sp³-hybridized carbons (Fsp3) is 0.250. The lowest BCUT2D eigenvalue weighted by molar-refractivity contribution is 0.0602. The van der Waals surface area contributed by atoms with E-state index in [-0.39, 0.29) is 22.9 Å². The third-order valence-electron chi connectivity index (χ3n) is 2.96. The van der Waals surface area contributed by atoms with Crippen LogP contribution in [0.25, 0.3) is 0 Å². The monoisotopic (exact) mass is 380 g/mol. The van der Waals surface area contributed by atoms with Gasteiger partial charge in [-0.2, -0.15) is 4.72 Å². The second kappa shape index (κ2) is 8.62. The molecule has 0 aliphatic heterocycles. The summed E-state index contributed by atoms with van der Waals surface area (Å²) in [4.78, 5) is 15.6. The summed E-state index contributed by atoms with van der Waals surface area (Å²) in [7, 11) is -2.65. The van der Waals surface area contributed by atoms with Crippen LogP contribution in [0.4, 0.5) is 0 Å². The summed E-state index contributed by atoms with van der Waals surface area (Å²) in [5.74, 6) is 5.24. The fourth-order valence-corrected chi connectivity index (χ4v) is 3.99. The number of carbonyl (C=O) groups excluding carboxylic acids is 1. The number of pyridine rings is 1. The molecule has 0 aliphatic rings. The second-order valence-corrected chi connectivity index (χ2v) is 7.36. The van der Waals surface area contributed by atoms with Gasteiger partial charge in [0, 0.05) is 5.69 Å². The first-order valence-corrected chi connectivity index (χ1v) is 9.47. The maximum atomic E-state index is 12.2. The minimum absolute atomic E-state index is 0.0261. The largest absolute Gasteiger partial charge is 0.479 e. The molecule has 0 radical (unpaired) electrons. The quantitative estimate of drug-likeness (QED) is 0.604. The molecule has 2 aromatic rings. The van der Waals surface area contributed by atoms with Crippen LogP contribution in [-0.2, 0) is 14.8 Å². The molecule has 0 saturated heterocycles. The van der Waals surface area contributed by atoms with Gasteiger partial charge in [0.1, 0.15) is 22.1 Å². The van der Waals surface area contributed by atoms with Gasteiger partial charge in [-0.25, -0.2) is 13.2 Å². The predicted octanol–water partition coefficient (Wildman–Crippen LogP) is 1.60. The van der Waals surface area contributed by atoms with Crippen LogP contribution in [-0.4, -0.2) is 39.6 Å². The van der Waals surface area contributed by atoms with Crippen LogP contribution in [0.1, 0.15) is 15.4 Å². The number of thiophene rings is 1. The number of aromatic nitrogens is 1. The standard InChI is InChI=1S/C16H16N2O5S2/c1-12-5-6-13(11-17-12)23-9-4-3-8-18-25(20,21)14-7-10-24-15(14)16(19)22-2/h5-7,10-11,18H,8-9H2,1-2H3. The van der Waals surface area contributed by atoms with E-state index in [2.05, 4.69) is 26.3 Å². The molecule has 2 rings (SSSR count). The highest BCUT2D eigenvalue weighted by atomic mass is 32.2. The highest BCUT2D eigenvalue weighted by Crippen LogP contribution is 2.22. The zero-order valence-corrected chi connectivity index (χ0v) is 15.2. The number of esters is 1. The van der Waals surface area contributed by atoms with Crippen molar-refractivity contribution >= 4 is 27.3 Å². The van der Waals surface area contributed by atoms with Gasteiger partial charge < -0.3 is 9.47 Å². The molecule has 132 valence electrons. The number of aryl methyl sites for hydroxylation is 1. The van der Waals surface area contributed by atoms with Gasteiger partial charge in [0.05, 0.1) is 19.9 Å². The molecule has 2 aromatic heterocycles. The molecule has 0 unspecified atom stereocenters. The Labute approximate surface area is 150 Å². The van der Waals surface area contributed by atoms with Crippen LogP contribution in [0.2, 0.25) is 0 Å². The predicted molar refractivity (Wildman–Crippen MR) is 93.1 cm³/mol. The summed E-state index contributed by atoms with van der Waals surface area (Å²) in [5.41, 5.74) is 0.882. The number of carbonyl (C=O) groups is 1. The number of hydrogen-bond donors (Lipinski definition) is 1.